The fourth-order valence-electron chi connectivity index (χ4n) is 4.57. The Morgan fingerprint density at radius 3 is 2.42 bits per heavy atom. The molecule has 0 aliphatic carbocycles. The number of para-hydroxylation sites is 1. The van der Waals surface area contributed by atoms with Crippen molar-refractivity contribution in [2.75, 3.05) is 11.4 Å². The lowest BCUT2D eigenvalue weighted by Gasteiger charge is -2.28. The second kappa shape index (κ2) is 11.5. The molecular formula is C31H32FIN6O4. The molecule has 0 spiro atoms. The van der Waals surface area contributed by atoms with Gasteiger partial charge in [0.05, 0.1) is 27.2 Å². The molecular weight excluding hydrogens is 666 g/mol. The van der Waals surface area contributed by atoms with E-state index in [1.807, 2.05) is 45.0 Å². The fraction of sp³-hybridized carbons (Fsp3) is 0.323. The van der Waals surface area contributed by atoms with Crippen LogP contribution in [0.1, 0.15) is 47.1 Å². The number of carbonyl (C=O) groups is 2. The third kappa shape index (κ3) is 6.79. The van der Waals surface area contributed by atoms with Gasteiger partial charge in [0.25, 0.3) is 0 Å². The average molecular weight is 699 g/mol. The molecule has 4 aromatic heterocycles. The summed E-state index contributed by atoms with van der Waals surface area (Å²) in [7, 11) is 0. The van der Waals surface area contributed by atoms with Gasteiger partial charge in [0.15, 0.2) is 5.65 Å². The monoisotopic (exact) mass is 698 g/mol. The summed E-state index contributed by atoms with van der Waals surface area (Å²) in [6, 6.07) is 10.5. The van der Waals surface area contributed by atoms with Crippen LogP contribution in [-0.2, 0) is 15.9 Å². The summed E-state index contributed by atoms with van der Waals surface area (Å²) in [5.41, 5.74) is 1.45. The predicted molar refractivity (Wildman–Crippen MR) is 170 cm³/mol. The van der Waals surface area contributed by atoms with Crippen LogP contribution in [0.2, 0.25) is 0 Å². The van der Waals surface area contributed by atoms with Crippen molar-refractivity contribution < 1.29 is 23.5 Å². The van der Waals surface area contributed by atoms with Crippen LogP contribution in [0.15, 0.2) is 61.2 Å². The number of aromatic nitrogens is 5. The smallest absolute Gasteiger partial charge is 0.419 e. The Kier molecular flexibility index (Phi) is 8.16. The lowest BCUT2D eigenvalue weighted by atomic mass is 10.1. The van der Waals surface area contributed by atoms with Gasteiger partial charge in [-0.25, -0.2) is 19.0 Å². The lowest BCUT2D eigenvalue weighted by molar-refractivity contribution is 0.0540. The molecule has 0 N–H and O–H groups in total. The number of anilines is 1. The van der Waals surface area contributed by atoms with Crippen LogP contribution in [0.3, 0.4) is 0 Å². The molecule has 0 bridgehead atoms. The Hall–Kier alpha value is -4.07. The first-order chi connectivity index (χ1) is 20.2. The largest absolute Gasteiger partial charge is 0.443 e. The first-order valence-corrected chi connectivity index (χ1v) is 14.8. The van der Waals surface area contributed by atoms with Gasteiger partial charge in [-0.15, -0.1) is 0 Å². The molecule has 0 atom stereocenters. The van der Waals surface area contributed by atoms with E-state index in [1.54, 1.807) is 43.7 Å². The zero-order valence-corrected chi connectivity index (χ0v) is 26.9. The van der Waals surface area contributed by atoms with Crippen molar-refractivity contribution in [3.63, 3.8) is 0 Å². The van der Waals surface area contributed by atoms with Crippen LogP contribution in [0.25, 0.3) is 27.8 Å². The molecule has 5 rings (SSSR count). The SMILES string of the molecule is CC(C)(C)OC(=O)N(CCc1cn(C(=O)OC(C)(C)C)c2ccccc12)c1cc(-c2cncc(F)c2)nc2c(I)cnn12. The number of rotatable bonds is 5. The molecule has 43 heavy (non-hydrogen) atoms. The van der Waals surface area contributed by atoms with Crippen molar-refractivity contribution >= 4 is 57.1 Å². The van der Waals surface area contributed by atoms with E-state index in [-0.39, 0.29) is 6.54 Å². The van der Waals surface area contributed by atoms with Gasteiger partial charge in [0, 0.05) is 36.0 Å². The minimum atomic E-state index is -0.776. The number of hydrogen-bond acceptors (Lipinski definition) is 7. The Labute approximate surface area is 262 Å². The third-order valence-electron chi connectivity index (χ3n) is 6.29. The summed E-state index contributed by atoms with van der Waals surface area (Å²) in [4.78, 5) is 37.0. The first kappa shape index (κ1) is 30.4. The van der Waals surface area contributed by atoms with Crippen molar-refractivity contribution in [2.45, 2.75) is 59.2 Å². The predicted octanol–water partition coefficient (Wildman–Crippen LogP) is 7.26. The number of nitrogens with zero attached hydrogens (tertiary/aromatic N) is 6. The number of carbonyl (C=O) groups excluding carboxylic acids is 2. The molecule has 0 unspecified atom stereocenters. The van der Waals surface area contributed by atoms with Crippen LogP contribution in [0.5, 0.6) is 0 Å². The second-order valence-electron chi connectivity index (χ2n) is 12.0. The fourth-order valence-corrected chi connectivity index (χ4v) is 5.05. The van der Waals surface area contributed by atoms with Crippen molar-refractivity contribution in [3.8, 4) is 11.3 Å². The quantitative estimate of drug-likeness (QED) is 0.178. The average Bonchev–Trinajstić information content (AvgIpc) is 3.47. The van der Waals surface area contributed by atoms with Crippen LogP contribution in [0.4, 0.5) is 19.8 Å². The molecule has 0 aliphatic rings. The van der Waals surface area contributed by atoms with Crippen LogP contribution in [0, 0.1) is 9.39 Å². The van der Waals surface area contributed by atoms with E-state index in [0.29, 0.717) is 34.7 Å². The highest BCUT2D eigenvalue weighted by molar-refractivity contribution is 14.1. The van der Waals surface area contributed by atoms with Gasteiger partial charge in [0.1, 0.15) is 22.8 Å². The van der Waals surface area contributed by atoms with Gasteiger partial charge in [-0.2, -0.15) is 9.61 Å². The van der Waals surface area contributed by atoms with Gasteiger partial charge in [0.2, 0.25) is 0 Å². The number of ether oxygens (including phenoxy) is 2. The molecule has 0 radical (unpaired) electrons. The standard InChI is InChI=1S/C31H32FIN6O4/c1-30(2,3)42-28(40)37(12-11-19-18-38(29(41)43-31(4,5)6)25-10-8-7-9-22(19)25)26-14-24(20-13-21(32)16-34-15-20)36-27-23(33)17-35-39(26)27/h7-10,13-18H,11-12H2,1-6H3. The van der Waals surface area contributed by atoms with E-state index < -0.39 is 29.2 Å². The summed E-state index contributed by atoms with van der Waals surface area (Å²) in [5, 5.41) is 5.34. The third-order valence-corrected chi connectivity index (χ3v) is 7.05. The van der Waals surface area contributed by atoms with E-state index in [1.165, 1.54) is 21.7 Å². The summed E-state index contributed by atoms with van der Waals surface area (Å²) in [5.74, 6) is -0.119. The van der Waals surface area contributed by atoms with Crippen molar-refractivity contribution in [3.05, 3.63) is 76.1 Å². The molecule has 224 valence electrons. The molecule has 0 saturated carbocycles. The highest BCUT2D eigenvalue weighted by Gasteiger charge is 2.28. The molecule has 4 heterocycles. The summed E-state index contributed by atoms with van der Waals surface area (Å²) in [6.45, 7) is 11.0. The van der Waals surface area contributed by atoms with Crippen LogP contribution >= 0.6 is 22.6 Å². The van der Waals surface area contributed by atoms with Crippen molar-refractivity contribution in [1.29, 1.82) is 0 Å². The Morgan fingerprint density at radius 1 is 1.00 bits per heavy atom. The van der Waals surface area contributed by atoms with E-state index in [2.05, 4.69) is 37.7 Å². The molecule has 0 aliphatic heterocycles. The van der Waals surface area contributed by atoms with Gasteiger partial charge in [-0.05, 0) is 88.3 Å². The number of benzene rings is 1. The molecule has 5 aromatic rings. The minimum Gasteiger partial charge on any atom is -0.443 e. The van der Waals surface area contributed by atoms with Crippen molar-refractivity contribution in [1.82, 2.24) is 24.1 Å². The number of halogens is 2. The molecule has 0 fully saturated rings. The van der Waals surface area contributed by atoms with Crippen LogP contribution < -0.4 is 4.90 Å². The van der Waals surface area contributed by atoms with E-state index >= 15 is 0 Å². The van der Waals surface area contributed by atoms with Gasteiger partial charge >= 0.3 is 12.2 Å². The molecule has 12 heteroatoms. The maximum atomic E-state index is 14.1. The second-order valence-corrected chi connectivity index (χ2v) is 13.2. The van der Waals surface area contributed by atoms with Gasteiger partial charge in [-0.3, -0.25) is 14.5 Å². The summed E-state index contributed by atoms with van der Waals surface area (Å²) in [6.07, 6.45) is 5.30. The zero-order chi connectivity index (χ0) is 31.1. The Bertz CT molecular complexity index is 1840. The normalized spacial score (nSPS) is 12.1. The Balaban J connectivity index is 1.59. The minimum absolute atomic E-state index is 0.174. The highest BCUT2D eigenvalue weighted by atomic mass is 127. The Morgan fingerprint density at radius 2 is 1.72 bits per heavy atom. The molecule has 0 saturated heterocycles. The zero-order valence-electron chi connectivity index (χ0n) is 24.8. The summed E-state index contributed by atoms with van der Waals surface area (Å²) >= 11 is 2.12. The molecule has 1 aromatic carbocycles. The number of pyridine rings is 1. The van der Waals surface area contributed by atoms with Gasteiger partial charge < -0.3 is 9.47 Å². The van der Waals surface area contributed by atoms with Crippen molar-refractivity contribution in [2.24, 2.45) is 0 Å². The van der Waals surface area contributed by atoms with E-state index in [0.717, 1.165) is 20.7 Å². The topological polar surface area (TPSA) is 104 Å². The maximum Gasteiger partial charge on any atom is 0.419 e. The lowest BCUT2D eigenvalue weighted by Crippen LogP contribution is -2.39. The van der Waals surface area contributed by atoms with E-state index in [9.17, 15) is 14.0 Å². The molecule has 10 nitrogen and oxygen atoms in total. The number of fused-ring (bicyclic) bond motifs is 2. The number of amides is 1. The van der Waals surface area contributed by atoms with E-state index in [4.69, 9.17) is 9.47 Å². The maximum absolute atomic E-state index is 14.1. The molecule has 1 amide bonds. The van der Waals surface area contributed by atoms with Crippen LogP contribution in [-0.4, -0.2) is 54.1 Å². The first-order valence-electron chi connectivity index (χ1n) is 13.7. The highest BCUT2D eigenvalue weighted by Crippen LogP contribution is 2.29. The van der Waals surface area contributed by atoms with Gasteiger partial charge in [-0.1, -0.05) is 18.2 Å². The number of hydrogen-bond donors (Lipinski definition) is 0. The summed E-state index contributed by atoms with van der Waals surface area (Å²) < 4.78 is 29.4.